The minimum absolute atomic E-state index is 0.0610. The van der Waals surface area contributed by atoms with Gasteiger partial charge in [0.25, 0.3) is 23.6 Å². The maximum absolute atomic E-state index is 13.1. The Hall–Kier alpha value is -4.02. The van der Waals surface area contributed by atoms with Gasteiger partial charge in [0, 0.05) is 30.8 Å². The number of nitrogens with one attached hydrogen (secondary N) is 2. The van der Waals surface area contributed by atoms with Crippen LogP contribution in [0.25, 0.3) is 0 Å². The SMILES string of the molecule is O=C1CCC(N2C(=O)c3cccc(NCCOCCOCCOCCOCCOCCN4C(=O)C=CC4=O)c3C2=O)C(=O)N1. The quantitative estimate of drug-likeness (QED) is 0.142. The van der Waals surface area contributed by atoms with Crippen molar-refractivity contribution in [1.82, 2.24) is 15.1 Å². The third-order valence-electron chi connectivity index (χ3n) is 6.88. The zero-order valence-corrected chi connectivity index (χ0v) is 24.2. The topological polar surface area (TPSA) is 179 Å². The molecule has 0 bridgehead atoms. The predicted molar refractivity (Wildman–Crippen MR) is 152 cm³/mol. The highest BCUT2D eigenvalue weighted by atomic mass is 16.6. The van der Waals surface area contributed by atoms with Gasteiger partial charge in [-0.25, -0.2) is 0 Å². The fourth-order valence-corrected chi connectivity index (χ4v) is 4.71. The third-order valence-corrected chi connectivity index (χ3v) is 6.88. The molecule has 0 saturated carbocycles. The number of carbonyl (C=O) groups excluding carboxylic acids is 6. The number of fused-ring (bicyclic) bond motifs is 1. The second kappa shape index (κ2) is 16.7. The van der Waals surface area contributed by atoms with Gasteiger partial charge in [-0.1, -0.05) is 6.07 Å². The minimum atomic E-state index is -1.01. The molecule has 1 aromatic carbocycles. The number of rotatable bonds is 20. The first kappa shape index (κ1) is 32.9. The maximum Gasteiger partial charge on any atom is 0.264 e. The first-order valence-corrected chi connectivity index (χ1v) is 14.4. The predicted octanol–water partition coefficient (Wildman–Crippen LogP) is -0.492. The van der Waals surface area contributed by atoms with Crippen molar-refractivity contribution in [2.75, 3.05) is 84.5 Å². The molecule has 0 aliphatic carbocycles. The van der Waals surface area contributed by atoms with Crippen molar-refractivity contribution in [3.8, 4) is 0 Å². The van der Waals surface area contributed by atoms with Gasteiger partial charge < -0.3 is 29.0 Å². The summed E-state index contributed by atoms with van der Waals surface area (Å²) in [6, 6.07) is 3.87. The Bertz CT molecular complexity index is 1250. The van der Waals surface area contributed by atoms with Crippen LogP contribution in [0.15, 0.2) is 30.4 Å². The van der Waals surface area contributed by atoms with E-state index in [1.54, 1.807) is 18.2 Å². The second-order valence-electron chi connectivity index (χ2n) is 9.83. The average Bonchev–Trinajstić information content (AvgIpc) is 3.46. The highest BCUT2D eigenvalue weighted by Gasteiger charge is 2.45. The standard InChI is InChI=1S/C29H36N4O11/c34-23-5-4-22(27(37)31-23)33-28(38)20-2-1-3-21(26(20)29(33)39)30-8-10-40-12-14-42-16-18-44-19-17-43-15-13-41-11-9-32-24(35)6-7-25(32)36/h1-3,6-7,22,30H,4-5,8-19H2,(H,31,34,37). The number of imide groups is 3. The van der Waals surface area contributed by atoms with Gasteiger partial charge in [0.1, 0.15) is 6.04 Å². The lowest BCUT2D eigenvalue weighted by atomic mass is 10.0. The normalized spacial score (nSPS) is 18.0. The highest BCUT2D eigenvalue weighted by Crippen LogP contribution is 2.32. The van der Waals surface area contributed by atoms with E-state index in [9.17, 15) is 28.8 Å². The molecule has 3 aliphatic rings. The molecule has 2 N–H and O–H groups in total. The summed E-state index contributed by atoms with van der Waals surface area (Å²) in [5.74, 6) is -2.85. The number of amides is 6. The van der Waals surface area contributed by atoms with E-state index in [4.69, 9.17) is 23.7 Å². The molecule has 0 radical (unpaired) electrons. The van der Waals surface area contributed by atoms with Gasteiger partial charge in [-0.05, 0) is 18.6 Å². The summed E-state index contributed by atoms with van der Waals surface area (Å²) >= 11 is 0. The lowest BCUT2D eigenvalue weighted by Crippen LogP contribution is -2.54. The van der Waals surface area contributed by atoms with Crippen LogP contribution >= 0.6 is 0 Å². The number of hydrogen-bond acceptors (Lipinski definition) is 12. The maximum atomic E-state index is 13.1. The molecular weight excluding hydrogens is 580 g/mol. The summed E-state index contributed by atoms with van der Waals surface area (Å²) in [7, 11) is 0. The molecule has 1 aromatic rings. The molecule has 3 aliphatic heterocycles. The van der Waals surface area contributed by atoms with Crippen LogP contribution in [0.1, 0.15) is 33.6 Å². The number of hydrogen-bond donors (Lipinski definition) is 2. The summed E-state index contributed by atoms with van der Waals surface area (Å²) < 4.78 is 27.2. The Kier molecular flexibility index (Phi) is 12.5. The molecule has 4 rings (SSSR count). The van der Waals surface area contributed by atoms with Crippen LogP contribution in [0, 0.1) is 0 Å². The molecule has 3 heterocycles. The molecule has 6 amide bonds. The Labute approximate surface area is 253 Å². The molecular formula is C29H36N4O11. The van der Waals surface area contributed by atoms with Crippen LogP contribution in [-0.2, 0) is 42.9 Å². The van der Waals surface area contributed by atoms with Gasteiger partial charge in [0.05, 0.1) is 83.7 Å². The number of piperidine rings is 1. The van der Waals surface area contributed by atoms with E-state index in [1.165, 1.54) is 12.2 Å². The van der Waals surface area contributed by atoms with Crippen molar-refractivity contribution < 1.29 is 52.5 Å². The van der Waals surface area contributed by atoms with Gasteiger partial charge in [-0.15, -0.1) is 0 Å². The average molecular weight is 617 g/mol. The van der Waals surface area contributed by atoms with Crippen molar-refractivity contribution in [2.24, 2.45) is 0 Å². The fraction of sp³-hybridized carbons (Fsp3) is 0.517. The molecule has 1 saturated heterocycles. The molecule has 1 fully saturated rings. The number of benzene rings is 1. The zero-order valence-electron chi connectivity index (χ0n) is 24.2. The third kappa shape index (κ3) is 8.76. The summed E-state index contributed by atoms with van der Waals surface area (Å²) in [4.78, 5) is 74.6. The number of ether oxygens (including phenoxy) is 5. The van der Waals surface area contributed by atoms with E-state index < -0.39 is 29.7 Å². The molecule has 1 unspecified atom stereocenters. The van der Waals surface area contributed by atoms with Gasteiger partial charge in [-0.3, -0.25) is 43.9 Å². The monoisotopic (exact) mass is 616 g/mol. The van der Waals surface area contributed by atoms with Gasteiger partial charge in [-0.2, -0.15) is 0 Å². The largest absolute Gasteiger partial charge is 0.382 e. The number of carbonyl (C=O) groups is 6. The van der Waals surface area contributed by atoms with E-state index >= 15 is 0 Å². The summed E-state index contributed by atoms with van der Waals surface area (Å²) in [6.45, 7) is 4.19. The summed E-state index contributed by atoms with van der Waals surface area (Å²) in [5, 5.41) is 5.30. The molecule has 0 spiro atoms. The van der Waals surface area contributed by atoms with E-state index in [0.29, 0.717) is 71.7 Å². The summed E-state index contributed by atoms with van der Waals surface area (Å²) in [5.41, 5.74) is 0.880. The second-order valence-corrected chi connectivity index (χ2v) is 9.83. The van der Waals surface area contributed by atoms with Gasteiger partial charge in [0.15, 0.2) is 0 Å². The Morgan fingerprint density at radius 3 is 1.89 bits per heavy atom. The van der Waals surface area contributed by atoms with Crippen molar-refractivity contribution in [3.63, 3.8) is 0 Å². The first-order valence-electron chi connectivity index (χ1n) is 14.4. The lowest BCUT2D eigenvalue weighted by Gasteiger charge is -2.27. The molecule has 15 nitrogen and oxygen atoms in total. The molecule has 44 heavy (non-hydrogen) atoms. The van der Waals surface area contributed by atoms with Crippen molar-refractivity contribution in [2.45, 2.75) is 18.9 Å². The van der Waals surface area contributed by atoms with Crippen LogP contribution in [0.2, 0.25) is 0 Å². The van der Waals surface area contributed by atoms with Crippen LogP contribution in [0.4, 0.5) is 5.69 Å². The van der Waals surface area contributed by atoms with Crippen LogP contribution < -0.4 is 10.6 Å². The Balaban J connectivity index is 0.977. The highest BCUT2D eigenvalue weighted by molar-refractivity contribution is 6.25. The van der Waals surface area contributed by atoms with Crippen LogP contribution in [0.3, 0.4) is 0 Å². The van der Waals surface area contributed by atoms with Gasteiger partial charge >= 0.3 is 0 Å². The zero-order chi connectivity index (χ0) is 31.3. The Morgan fingerprint density at radius 1 is 0.727 bits per heavy atom. The number of nitrogens with zero attached hydrogens (tertiary/aromatic N) is 2. The summed E-state index contributed by atoms with van der Waals surface area (Å²) in [6.07, 6.45) is 2.63. The fourth-order valence-electron chi connectivity index (χ4n) is 4.71. The number of anilines is 1. The van der Waals surface area contributed by atoms with E-state index in [2.05, 4.69) is 10.6 Å². The van der Waals surface area contributed by atoms with E-state index in [1.807, 2.05) is 0 Å². The van der Waals surface area contributed by atoms with E-state index in [-0.39, 0.29) is 48.9 Å². The molecule has 15 heteroatoms. The molecule has 238 valence electrons. The van der Waals surface area contributed by atoms with Crippen molar-refractivity contribution in [3.05, 3.63) is 41.5 Å². The first-order chi connectivity index (χ1) is 21.4. The van der Waals surface area contributed by atoms with Crippen LogP contribution in [-0.4, -0.2) is 130 Å². The van der Waals surface area contributed by atoms with Crippen molar-refractivity contribution in [1.29, 1.82) is 0 Å². The molecule has 1 atom stereocenters. The smallest absolute Gasteiger partial charge is 0.264 e. The Morgan fingerprint density at radius 2 is 1.30 bits per heavy atom. The minimum Gasteiger partial charge on any atom is -0.382 e. The van der Waals surface area contributed by atoms with E-state index in [0.717, 1.165) is 9.80 Å². The van der Waals surface area contributed by atoms with Crippen LogP contribution in [0.5, 0.6) is 0 Å². The lowest BCUT2D eigenvalue weighted by molar-refractivity contribution is -0.138. The van der Waals surface area contributed by atoms with Crippen molar-refractivity contribution >= 4 is 41.1 Å². The van der Waals surface area contributed by atoms with Gasteiger partial charge in [0.2, 0.25) is 11.8 Å². The molecule has 0 aromatic heterocycles.